The molecule has 2 rings (SSSR count). The minimum absolute atomic E-state index is 0.0160. The summed E-state index contributed by atoms with van der Waals surface area (Å²) in [6.45, 7) is 8.46. The van der Waals surface area contributed by atoms with Gasteiger partial charge in [0, 0.05) is 5.41 Å². The van der Waals surface area contributed by atoms with E-state index >= 15 is 0 Å². The summed E-state index contributed by atoms with van der Waals surface area (Å²) in [6.07, 6.45) is 9.85. The summed E-state index contributed by atoms with van der Waals surface area (Å²) in [6, 6.07) is 0. The number of carbonyl (C=O) groups excluding carboxylic acids is 2. The van der Waals surface area contributed by atoms with Crippen molar-refractivity contribution in [2.75, 3.05) is 0 Å². The van der Waals surface area contributed by atoms with E-state index in [1.165, 1.54) is 0 Å². The molecule has 0 aromatic carbocycles. The molecule has 0 spiro atoms. The van der Waals surface area contributed by atoms with Gasteiger partial charge in [0.15, 0.2) is 0 Å². The van der Waals surface area contributed by atoms with Crippen LogP contribution in [0.4, 0.5) is 0 Å². The van der Waals surface area contributed by atoms with E-state index in [9.17, 15) is 14.7 Å². The highest BCUT2D eigenvalue weighted by Gasteiger charge is 2.61. The van der Waals surface area contributed by atoms with Gasteiger partial charge in [-0.2, -0.15) is 0 Å². The van der Waals surface area contributed by atoms with Crippen LogP contribution in [0.3, 0.4) is 0 Å². The summed E-state index contributed by atoms with van der Waals surface area (Å²) >= 11 is 0. The molecule has 1 unspecified atom stereocenters. The molecule has 0 aromatic heterocycles. The van der Waals surface area contributed by atoms with Gasteiger partial charge in [-0.1, -0.05) is 46.3 Å². The SMILES string of the molecule is CC[C@@H](C)/C=C\[C@H]1[C@@H](C)CC[C@@H]2[C@]1(C=O)C(O)CC[C@]2(C)C=O. The molecule has 2 fully saturated rings. The minimum Gasteiger partial charge on any atom is -0.392 e. The summed E-state index contributed by atoms with van der Waals surface area (Å²) in [5.41, 5.74) is -1.31. The maximum atomic E-state index is 12.3. The lowest BCUT2D eigenvalue weighted by molar-refractivity contribution is -0.172. The average molecular weight is 320 g/mol. The van der Waals surface area contributed by atoms with Gasteiger partial charge >= 0.3 is 0 Å². The molecule has 0 bridgehead atoms. The van der Waals surface area contributed by atoms with Crippen LogP contribution in [0.2, 0.25) is 0 Å². The molecule has 1 N–H and O–H groups in total. The van der Waals surface area contributed by atoms with Crippen LogP contribution in [0, 0.1) is 34.5 Å². The van der Waals surface area contributed by atoms with Crippen LogP contribution in [0.1, 0.15) is 59.8 Å². The first-order valence-corrected chi connectivity index (χ1v) is 9.14. The zero-order chi connectivity index (χ0) is 17.3. The predicted octanol–water partition coefficient (Wildman–Crippen LogP) is 3.80. The van der Waals surface area contributed by atoms with Crippen molar-refractivity contribution >= 4 is 12.6 Å². The summed E-state index contributed by atoms with van der Waals surface area (Å²) in [5.74, 6) is 0.767. The number of rotatable bonds is 5. The Labute approximate surface area is 140 Å². The molecule has 3 nitrogen and oxygen atoms in total. The molecule has 2 aliphatic rings. The van der Waals surface area contributed by atoms with Gasteiger partial charge in [0.05, 0.1) is 11.5 Å². The maximum absolute atomic E-state index is 12.3. The quantitative estimate of drug-likeness (QED) is 0.619. The first kappa shape index (κ1) is 18.4. The lowest BCUT2D eigenvalue weighted by Gasteiger charge is -2.58. The highest BCUT2D eigenvalue weighted by molar-refractivity contribution is 5.68. The van der Waals surface area contributed by atoms with Crippen molar-refractivity contribution in [1.82, 2.24) is 0 Å². The number of fused-ring (bicyclic) bond motifs is 1. The van der Waals surface area contributed by atoms with Crippen molar-refractivity contribution in [3.05, 3.63) is 12.2 Å². The minimum atomic E-state index is -0.810. The van der Waals surface area contributed by atoms with Gasteiger partial charge in [-0.25, -0.2) is 0 Å². The molecule has 23 heavy (non-hydrogen) atoms. The maximum Gasteiger partial charge on any atom is 0.129 e. The predicted molar refractivity (Wildman–Crippen MR) is 91.9 cm³/mol. The molecule has 0 aromatic rings. The summed E-state index contributed by atoms with van der Waals surface area (Å²) < 4.78 is 0. The Balaban J connectivity index is 2.48. The van der Waals surface area contributed by atoms with E-state index in [-0.39, 0.29) is 11.8 Å². The molecule has 130 valence electrons. The zero-order valence-corrected chi connectivity index (χ0v) is 15.0. The van der Waals surface area contributed by atoms with Crippen LogP contribution >= 0.6 is 0 Å². The van der Waals surface area contributed by atoms with Crippen LogP contribution in [-0.4, -0.2) is 23.8 Å². The van der Waals surface area contributed by atoms with E-state index < -0.39 is 16.9 Å². The summed E-state index contributed by atoms with van der Waals surface area (Å²) in [7, 11) is 0. The van der Waals surface area contributed by atoms with E-state index in [0.717, 1.165) is 31.8 Å². The van der Waals surface area contributed by atoms with Crippen LogP contribution in [0.25, 0.3) is 0 Å². The second kappa shape index (κ2) is 6.88. The summed E-state index contributed by atoms with van der Waals surface area (Å²) in [5, 5.41) is 10.8. The highest BCUT2D eigenvalue weighted by Crippen LogP contribution is 2.60. The fraction of sp³-hybridized carbons (Fsp3) is 0.800. The van der Waals surface area contributed by atoms with Gasteiger partial charge in [-0.3, -0.25) is 0 Å². The van der Waals surface area contributed by atoms with Crippen molar-refractivity contribution in [2.45, 2.75) is 65.9 Å². The number of carbonyl (C=O) groups is 2. The molecule has 3 heteroatoms. The van der Waals surface area contributed by atoms with Gasteiger partial charge in [-0.05, 0) is 49.4 Å². The van der Waals surface area contributed by atoms with Gasteiger partial charge < -0.3 is 14.7 Å². The summed E-state index contributed by atoms with van der Waals surface area (Å²) in [4.78, 5) is 24.1. The van der Waals surface area contributed by atoms with E-state index in [1.807, 2.05) is 6.92 Å². The normalized spacial score (nSPS) is 45.4. The van der Waals surface area contributed by atoms with Crippen molar-refractivity contribution in [2.24, 2.45) is 34.5 Å². The first-order valence-electron chi connectivity index (χ1n) is 9.14. The Bertz CT molecular complexity index is 472. The second-order valence-electron chi connectivity index (χ2n) is 8.20. The van der Waals surface area contributed by atoms with Crippen LogP contribution in [0.15, 0.2) is 12.2 Å². The van der Waals surface area contributed by atoms with E-state index in [0.29, 0.717) is 24.7 Å². The molecular weight excluding hydrogens is 288 g/mol. The molecule has 0 aliphatic heterocycles. The largest absolute Gasteiger partial charge is 0.392 e. The third kappa shape index (κ3) is 2.93. The lowest BCUT2D eigenvalue weighted by Crippen LogP contribution is -2.61. The first-order chi connectivity index (χ1) is 10.9. The number of aliphatic hydroxyl groups excluding tert-OH is 1. The Hall–Kier alpha value is -0.960. The van der Waals surface area contributed by atoms with Gasteiger partial charge in [-0.15, -0.1) is 0 Å². The molecular formula is C20H32O3. The van der Waals surface area contributed by atoms with Crippen LogP contribution in [0.5, 0.6) is 0 Å². The van der Waals surface area contributed by atoms with Gasteiger partial charge in [0.2, 0.25) is 0 Å². The van der Waals surface area contributed by atoms with Crippen molar-refractivity contribution in [3.8, 4) is 0 Å². The molecule has 2 aliphatic carbocycles. The Morgan fingerprint density at radius 2 is 1.91 bits per heavy atom. The number of hydrogen-bond donors (Lipinski definition) is 1. The fourth-order valence-electron chi connectivity index (χ4n) is 4.99. The van der Waals surface area contributed by atoms with E-state index in [1.54, 1.807) is 0 Å². The Kier molecular flexibility index (Phi) is 5.50. The van der Waals surface area contributed by atoms with Crippen LogP contribution in [-0.2, 0) is 9.59 Å². The Morgan fingerprint density at radius 1 is 1.22 bits per heavy atom. The topological polar surface area (TPSA) is 54.4 Å². The van der Waals surface area contributed by atoms with Crippen molar-refractivity contribution < 1.29 is 14.7 Å². The molecule has 0 saturated heterocycles. The van der Waals surface area contributed by atoms with Crippen molar-refractivity contribution in [1.29, 1.82) is 0 Å². The van der Waals surface area contributed by atoms with Gasteiger partial charge in [0.1, 0.15) is 12.6 Å². The third-order valence-corrected chi connectivity index (χ3v) is 6.80. The number of allylic oxidation sites excluding steroid dienone is 2. The number of aliphatic hydroxyl groups is 1. The van der Waals surface area contributed by atoms with Gasteiger partial charge in [0.25, 0.3) is 0 Å². The Morgan fingerprint density at radius 3 is 2.48 bits per heavy atom. The lowest BCUT2D eigenvalue weighted by atomic mass is 9.45. The molecule has 0 radical (unpaired) electrons. The molecule has 7 atom stereocenters. The number of aldehydes is 2. The standard InChI is InChI=1S/C20H32O3/c1-5-14(2)6-8-16-15(3)7-9-17-19(4,12-21)11-10-18(23)20(16,17)13-22/h6,8,12-18,23H,5,7,9-11H2,1-4H3/b8-6-/t14-,15+,16+,17+,18?,19-,20-/m1/s1. The molecule has 2 saturated carbocycles. The van der Waals surface area contributed by atoms with Crippen LogP contribution < -0.4 is 0 Å². The molecule has 0 heterocycles. The second-order valence-corrected chi connectivity index (χ2v) is 8.20. The smallest absolute Gasteiger partial charge is 0.129 e. The van der Waals surface area contributed by atoms with Crippen molar-refractivity contribution in [3.63, 3.8) is 0 Å². The zero-order valence-electron chi connectivity index (χ0n) is 15.0. The highest BCUT2D eigenvalue weighted by atomic mass is 16.3. The average Bonchev–Trinajstić information content (AvgIpc) is 2.56. The van der Waals surface area contributed by atoms with E-state index in [4.69, 9.17) is 0 Å². The molecule has 0 amide bonds. The number of hydrogen-bond acceptors (Lipinski definition) is 3. The van der Waals surface area contributed by atoms with E-state index in [2.05, 4.69) is 32.9 Å². The monoisotopic (exact) mass is 320 g/mol. The fourth-order valence-corrected chi connectivity index (χ4v) is 4.99. The third-order valence-electron chi connectivity index (χ3n) is 6.80.